The zero-order chi connectivity index (χ0) is 15.9. The Morgan fingerprint density at radius 2 is 1.68 bits per heavy atom. The number of aromatic amines is 1. The highest BCUT2D eigenvalue weighted by molar-refractivity contribution is 5.80. The van der Waals surface area contributed by atoms with E-state index in [9.17, 15) is 22.8 Å². The average molecular weight is 307 g/mol. The number of halogens is 3. The second kappa shape index (κ2) is 4.83. The minimum Gasteiger partial charge on any atom is -0.267 e. The molecule has 0 spiro atoms. The first kappa shape index (κ1) is 14.1. The number of nitrogens with zero attached hydrogens (tertiary/aromatic N) is 2. The van der Waals surface area contributed by atoms with Gasteiger partial charge in [-0.15, -0.1) is 0 Å². The van der Waals surface area contributed by atoms with Gasteiger partial charge in [0.1, 0.15) is 0 Å². The molecule has 22 heavy (non-hydrogen) atoms. The van der Waals surface area contributed by atoms with E-state index in [4.69, 9.17) is 0 Å². The summed E-state index contributed by atoms with van der Waals surface area (Å²) in [4.78, 5) is 27.8. The quantitative estimate of drug-likeness (QED) is 0.748. The number of fused-ring (bicyclic) bond motifs is 1. The molecule has 0 radical (unpaired) electrons. The molecule has 0 saturated carbocycles. The SMILES string of the molecule is O=c1[nH]n(-c2ccc(C(F)(F)F)cn2)c(=O)c2ccccc12. The number of aromatic nitrogens is 3. The first-order chi connectivity index (χ1) is 10.4. The summed E-state index contributed by atoms with van der Waals surface area (Å²) < 4.78 is 38.3. The largest absolute Gasteiger partial charge is 0.417 e. The van der Waals surface area contributed by atoms with E-state index in [-0.39, 0.29) is 16.6 Å². The lowest BCUT2D eigenvalue weighted by Crippen LogP contribution is -2.29. The molecule has 0 saturated heterocycles. The highest BCUT2D eigenvalue weighted by Gasteiger charge is 2.30. The molecule has 2 aromatic heterocycles. The van der Waals surface area contributed by atoms with Gasteiger partial charge in [0.15, 0.2) is 5.82 Å². The monoisotopic (exact) mass is 307 g/mol. The van der Waals surface area contributed by atoms with Gasteiger partial charge in [-0.25, -0.2) is 4.98 Å². The lowest BCUT2D eigenvalue weighted by molar-refractivity contribution is -0.137. The normalized spacial score (nSPS) is 11.8. The van der Waals surface area contributed by atoms with Crippen molar-refractivity contribution in [3.05, 3.63) is 68.9 Å². The van der Waals surface area contributed by atoms with E-state index < -0.39 is 22.9 Å². The summed E-state index contributed by atoms with van der Waals surface area (Å²) in [6.45, 7) is 0. The molecule has 3 rings (SSSR count). The first-order valence-corrected chi connectivity index (χ1v) is 6.15. The minimum absolute atomic E-state index is 0.0964. The molecule has 1 N–H and O–H groups in total. The van der Waals surface area contributed by atoms with Gasteiger partial charge in [0.2, 0.25) is 0 Å². The Morgan fingerprint density at radius 3 is 2.27 bits per heavy atom. The molecule has 0 atom stereocenters. The summed E-state index contributed by atoms with van der Waals surface area (Å²) in [6.07, 6.45) is -3.91. The molecule has 0 aliphatic rings. The molecule has 0 bridgehead atoms. The molecule has 8 heteroatoms. The van der Waals surface area contributed by atoms with Gasteiger partial charge < -0.3 is 0 Å². The van der Waals surface area contributed by atoms with Gasteiger partial charge in [-0.05, 0) is 24.3 Å². The molecule has 3 aromatic rings. The predicted octanol–water partition coefficient (Wildman–Crippen LogP) is 2.09. The van der Waals surface area contributed by atoms with Gasteiger partial charge >= 0.3 is 6.18 Å². The summed E-state index contributed by atoms with van der Waals surface area (Å²) >= 11 is 0. The number of nitrogens with one attached hydrogen (secondary N) is 1. The summed E-state index contributed by atoms with van der Waals surface area (Å²) in [6, 6.07) is 7.97. The molecule has 0 unspecified atom stereocenters. The van der Waals surface area contributed by atoms with Crippen LogP contribution in [0.2, 0.25) is 0 Å². The molecule has 0 aliphatic heterocycles. The number of rotatable bonds is 1. The van der Waals surface area contributed by atoms with Crippen molar-refractivity contribution in [1.82, 2.24) is 14.8 Å². The van der Waals surface area contributed by atoms with Crippen molar-refractivity contribution < 1.29 is 13.2 Å². The van der Waals surface area contributed by atoms with Gasteiger partial charge in [0.25, 0.3) is 11.1 Å². The molecule has 112 valence electrons. The molecule has 0 fully saturated rings. The number of benzene rings is 1. The summed E-state index contributed by atoms with van der Waals surface area (Å²) in [5.41, 5.74) is -2.04. The molecular weight excluding hydrogens is 299 g/mol. The van der Waals surface area contributed by atoms with Crippen molar-refractivity contribution in [2.45, 2.75) is 6.18 Å². The van der Waals surface area contributed by atoms with Crippen molar-refractivity contribution in [3.63, 3.8) is 0 Å². The van der Waals surface area contributed by atoms with Crippen LogP contribution in [-0.4, -0.2) is 14.8 Å². The summed E-state index contributed by atoms with van der Waals surface area (Å²) in [5, 5.41) is 2.66. The van der Waals surface area contributed by atoms with Crippen LogP contribution < -0.4 is 11.1 Å². The number of hydrogen-bond donors (Lipinski definition) is 1. The number of pyridine rings is 1. The van der Waals surface area contributed by atoms with Crippen LogP contribution in [0.1, 0.15) is 5.56 Å². The zero-order valence-corrected chi connectivity index (χ0v) is 10.9. The maximum Gasteiger partial charge on any atom is 0.417 e. The number of H-pyrrole nitrogens is 1. The number of alkyl halides is 3. The topological polar surface area (TPSA) is 67.8 Å². The van der Waals surface area contributed by atoms with Crippen molar-refractivity contribution in [2.24, 2.45) is 0 Å². The maximum atomic E-state index is 12.5. The Bertz CT molecular complexity index is 956. The van der Waals surface area contributed by atoms with Gasteiger partial charge in [-0.3, -0.25) is 14.7 Å². The maximum absolute atomic E-state index is 12.5. The van der Waals surface area contributed by atoms with Gasteiger partial charge in [0, 0.05) is 6.20 Å². The average Bonchev–Trinajstić information content (AvgIpc) is 2.50. The van der Waals surface area contributed by atoms with Crippen molar-refractivity contribution in [1.29, 1.82) is 0 Å². The van der Waals surface area contributed by atoms with Crippen molar-refractivity contribution >= 4 is 10.8 Å². The van der Waals surface area contributed by atoms with E-state index in [0.29, 0.717) is 6.20 Å². The highest BCUT2D eigenvalue weighted by Crippen LogP contribution is 2.28. The Morgan fingerprint density at radius 1 is 1.00 bits per heavy atom. The molecule has 1 aromatic carbocycles. The van der Waals surface area contributed by atoms with Gasteiger partial charge in [0.05, 0.1) is 16.3 Å². The number of hydrogen-bond acceptors (Lipinski definition) is 3. The van der Waals surface area contributed by atoms with E-state index in [2.05, 4.69) is 10.1 Å². The second-order valence-electron chi connectivity index (χ2n) is 4.53. The van der Waals surface area contributed by atoms with Crippen LogP contribution in [0.5, 0.6) is 0 Å². The highest BCUT2D eigenvalue weighted by atomic mass is 19.4. The molecule has 2 heterocycles. The fraction of sp³-hybridized carbons (Fsp3) is 0.0714. The summed E-state index contributed by atoms with van der Waals surface area (Å²) in [5.74, 6) is -0.0964. The third-order valence-corrected chi connectivity index (χ3v) is 3.12. The van der Waals surface area contributed by atoms with Crippen molar-refractivity contribution in [2.75, 3.05) is 0 Å². The van der Waals surface area contributed by atoms with E-state index in [1.165, 1.54) is 12.1 Å². The Balaban J connectivity index is 2.21. The molecular formula is C14H8F3N3O2. The Labute approximate surface area is 120 Å². The van der Waals surface area contributed by atoms with E-state index in [1.54, 1.807) is 12.1 Å². The third kappa shape index (κ3) is 2.28. The van der Waals surface area contributed by atoms with Gasteiger partial charge in [-0.1, -0.05) is 12.1 Å². The second-order valence-corrected chi connectivity index (χ2v) is 4.53. The lowest BCUT2D eigenvalue weighted by Gasteiger charge is -2.08. The van der Waals surface area contributed by atoms with Crippen LogP contribution in [0.3, 0.4) is 0 Å². The first-order valence-electron chi connectivity index (χ1n) is 6.15. The van der Waals surface area contributed by atoms with Crippen LogP contribution in [-0.2, 0) is 6.18 Å². The van der Waals surface area contributed by atoms with Crippen LogP contribution in [0, 0.1) is 0 Å². The Hall–Kier alpha value is -2.90. The van der Waals surface area contributed by atoms with Crippen LogP contribution in [0.15, 0.2) is 52.2 Å². The van der Waals surface area contributed by atoms with Crippen LogP contribution in [0.4, 0.5) is 13.2 Å². The summed E-state index contributed by atoms with van der Waals surface area (Å²) in [7, 11) is 0. The van der Waals surface area contributed by atoms with Gasteiger partial charge in [-0.2, -0.15) is 17.9 Å². The molecule has 0 amide bonds. The fourth-order valence-corrected chi connectivity index (χ4v) is 2.05. The fourth-order valence-electron chi connectivity index (χ4n) is 2.05. The standard InChI is InChI=1S/C14H8F3N3O2/c15-14(16,17)8-5-6-11(18-7-8)20-13(22)10-4-2-1-3-9(10)12(21)19-20/h1-7H,(H,19,21). The van der Waals surface area contributed by atoms with E-state index in [1.807, 2.05) is 0 Å². The molecule has 0 aliphatic carbocycles. The van der Waals surface area contributed by atoms with E-state index >= 15 is 0 Å². The molecule has 5 nitrogen and oxygen atoms in total. The van der Waals surface area contributed by atoms with Crippen molar-refractivity contribution in [3.8, 4) is 5.82 Å². The lowest BCUT2D eigenvalue weighted by atomic mass is 10.2. The minimum atomic E-state index is -4.52. The Kier molecular flexibility index (Phi) is 3.09. The van der Waals surface area contributed by atoms with Crippen LogP contribution in [0.25, 0.3) is 16.6 Å². The zero-order valence-electron chi connectivity index (χ0n) is 10.9. The van der Waals surface area contributed by atoms with E-state index in [0.717, 1.165) is 16.8 Å². The predicted molar refractivity (Wildman–Crippen MR) is 73.0 cm³/mol. The third-order valence-electron chi connectivity index (χ3n) is 3.12. The smallest absolute Gasteiger partial charge is 0.267 e. The van der Waals surface area contributed by atoms with Crippen LogP contribution >= 0.6 is 0 Å².